The van der Waals surface area contributed by atoms with Crippen LogP contribution in [-0.2, 0) is 28.8 Å². The fraction of sp³-hybridized carbons (Fsp3) is 0. The van der Waals surface area contributed by atoms with Gasteiger partial charge in [-0.2, -0.15) is 0 Å². The predicted molar refractivity (Wildman–Crippen MR) is 9.67 cm³/mol. The Hall–Kier alpha value is -0.0475. The van der Waals surface area contributed by atoms with Gasteiger partial charge < -0.3 is 0 Å². The summed E-state index contributed by atoms with van der Waals surface area (Å²) in [5, 5.41) is 0. The first-order chi connectivity index (χ1) is 3.20. The average molecular weight is 179 g/mol. The summed E-state index contributed by atoms with van der Waals surface area (Å²) in [4.78, 5) is 0. The molecule has 0 aliphatic carbocycles. The normalized spacial score (nSPS) is 16.5. The van der Waals surface area contributed by atoms with E-state index < -0.39 is 18.4 Å². The van der Waals surface area contributed by atoms with Crippen molar-refractivity contribution >= 4 is 6.33 Å². The van der Waals surface area contributed by atoms with Crippen LogP contribution in [0.5, 0.6) is 0 Å². The molecule has 0 saturated carbocycles. The molecular formula is CrO6P-2. The summed E-state index contributed by atoms with van der Waals surface area (Å²) >= 11 is -7.59. The molecule has 0 spiro atoms. The number of rotatable bonds is 1. The first kappa shape index (κ1) is 7.95. The third-order valence-corrected chi connectivity index (χ3v) is 3.01. The summed E-state index contributed by atoms with van der Waals surface area (Å²) in [7, 11) is 0. The van der Waals surface area contributed by atoms with E-state index >= 15 is 0 Å². The van der Waals surface area contributed by atoms with Crippen molar-refractivity contribution in [1.82, 2.24) is 0 Å². The molecule has 0 fully saturated rings. The Morgan fingerprint density at radius 1 is 1.12 bits per heavy atom. The summed E-state index contributed by atoms with van der Waals surface area (Å²) in [5.74, 6) is 0. The van der Waals surface area contributed by atoms with E-state index in [1.807, 2.05) is 0 Å². The Labute approximate surface area is 44.2 Å². The standard InChI is InChI=1S/Cr.O2P.4O/c;1-3-2;;;;/q;;;;2*-1. The molecule has 0 radical (unpaired) electrons. The Bertz CT molecular complexity index is 254. The number of hydrogen-bond acceptors (Lipinski definition) is 6. The van der Waals surface area contributed by atoms with Gasteiger partial charge in [0.1, 0.15) is 0 Å². The van der Waals surface area contributed by atoms with Gasteiger partial charge in [0.2, 0.25) is 0 Å². The van der Waals surface area contributed by atoms with Gasteiger partial charge in [-0.15, -0.1) is 0 Å². The fourth-order valence-electron chi connectivity index (χ4n) is 0. The topological polar surface area (TPSA) is 114 Å². The molecule has 8 heavy (non-hydrogen) atoms. The molecule has 0 aromatic carbocycles. The van der Waals surface area contributed by atoms with Crippen molar-refractivity contribution < 1.29 is 37.1 Å². The molecule has 0 atom stereocenters. The molecule has 0 saturated heterocycles. The first-order valence-corrected chi connectivity index (χ1v) is 6.10. The van der Waals surface area contributed by atoms with Crippen LogP contribution in [-0.4, -0.2) is 0 Å². The molecular weight excluding hydrogens is 179 g/mol. The van der Waals surface area contributed by atoms with Crippen LogP contribution in [0.2, 0.25) is 0 Å². The van der Waals surface area contributed by atoms with E-state index in [0.29, 0.717) is 0 Å². The molecule has 8 heteroatoms. The van der Waals surface area contributed by atoms with Crippen LogP contribution < -0.4 is 8.32 Å². The van der Waals surface area contributed by atoms with Crippen LogP contribution in [0.15, 0.2) is 0 Å². The second kappa shape index (κ2) is 1.47. The van der Waals surface area contributed by atoms with Gasteiger partial charge >= 0.3 is 43.5 Å². The van der Waals surface area contributed by atoms with Crippen molar-refractivity contribution in [2.24, 2.45) is 0 Å². The monoisotopic (exact) mass is 179 g/mol. The van der Waals surface area contributed by atoms with Gasteiger partial charge in [0.15, 0.2) is 0 Å². The van der Waals surface area contributed by atoms with Crippen LogP contribution in [0.1, 0.15) is 0 Å². The zero-order valence-electron chi connectivity index (χ0n) is 3.30. The van der Waals surface area contributed by atoms with E-state index in [9.17, 15) is 25.1 Å². The van der Waals surface area contributed by atoms with Gasteiger partial charge in [0.25, 0.3) is 0 Å². The van der Waals surface area contributed by atoms with E-state index in [0.717, 1.165) is 0 Å². The third-order valence-electron chi connectivity index (χ3n) is 0.243. The molecule has 49 valence electrons. The third kappa shape index (κ3) is 2.31. The Morgan fingerprint density at radius 2 is 1.25 bits per heavy atom. The quantitative estimate of drug-likeness (QED) is 0.430. The van der Waals surface area contributed by atoms with Crippen LogP contribution in [0.3, 0.4) is 0 Å². The van der Waals surface area contributed by atoms with Gasteiger partial charge in [-0.1, -0.05) is 0 Å². The molecule has 6 nitrogen and oxygen atoms in total. The zero-order valence-corrected chi connectivity index (χ0v) is 5.47. The second-order valence-corrected chi connectivity index (χ2v) is 7.44. The zero-order chi connectivity index (χ0) is 7.02. The van der Waals surface area contributed by atoms with Crippen molar-refractivity contribution in [3.05, 3.63) is 0 Å². The maximum absolute atomic E-state index is 9.28. The average Bonchev–Trinajstić information content (AvgIpc) is 1.27. The maximum atomic E-state index is 9.28. The van der Waals surface area contributed by atoms with E-state index in [2.05, 4.69) is 0 Å². The van der Waals surface area contributed by atoms with Crippen LogP contribution in [0.25, 0.3) is 0 Å². The summed E-state index contributed by atoms with van der Waals surface area (Å²) in [6.45, 7) is 0. The van der Waals surface area contributed by atoms with Crippen LogP contribution in [0, 0.1) is 0 Å². The molecule has 0 aromatic heterocycles. The van der Waals surface area contributed by atoms with Crippen molar-refractivity contribution in [3.8, 4) is 0 Å². The first-order valence-electron chi connectivity index (χ1n) is 1.21. The predicted octanol–water partition coefficient (Wildman–Crippen LogP) is -1.99. The summed E-state index contributed by atoms with van der Waals surface area (Å²) in [6, 6.07) is 0. The molecule has 0 aliphatic heterocycles. The van der Waals surface area contributed by atoms with Gasteiger partial charge in [-0.25, -0.2) is 0 Å². The van der Waals surface area contributed by atoms with Crippen molar-refractivity contribution in [2.45, 2.75) is 0 Å². The minimum absolute atomic E-state index is 4.38. The Balaban J connectivity index is 5.37. The minimum atomic E-state index is -7.59. The van der Waals surface area contributed by atoms with Gasteiger partial charge in [-0.05, 0) is 0 Å². The summed E-state index contributed by atoms with van der Waals surface area (Å²) in [5.41, 5.74) is 0. The van der Waals surface area contributed by atoms with Crippen molar-refractivity contribution in [1.29, 1.82) is 0 Å². The Morgan fingerprint density at radius 3 is 1.25 bits per heavy atom. The second-order valence-electron chi connectivity index (χ2n) is 0.930. The molecule has 0 bridgehead atoms. The van der Waals surface area contributed by atoms with Gasteiger partial charge in [0, 0.05) is 0 Å². The molecule has 0 rings (SSSR count). The van der Waals surface area contributed by atoms with E-state index in [1.54, 1.807) is 0 Å². The number of hydrogen-bond donors (Lipinski definition) is 0. The van der Waals surface area contributed by atoms with Crippen LogP contribution in [0.4, 0.5) is 0 Å². The van der Waals surface area contributed by atoms with Crippen molar-refractivity contribution in [3.63, 3.8) is 0 Å². The molecule has 0 N–H and O–H groups in total. The SMILES string of the molecule is O=[P](=O)[Cr](=[O])(=[O])([O-])[O-]. The molecule has 0 aliphatic rings. The molecule has 0 aromatic rings. The van der Waals surface area contributed by atoms with E-state index in [1.165, 1.54) is 0 Å². The molecule has 0 amide bonds. The van der Waals surface area contributed by atoms with Crippen LogP contribution >= 0.6 is 6.33 Å². The van der Waals surface area contributed by atoms with E-state index in [-0.39, 0.29) is 0 Å². The summed E-state index contributed by atoms with van der Waals surface area (Å²) < 4.78 is 55.5. The van der Waals surface area contributed by atoms with Gasteiger partial charge in [-0.3, -0.25) is 0 Å². The molecule has 0 unspecified atom stereocenters. The van der Waals surface area contributed by atoms with E-state index in [4.69, 9.17) is 0 Å². The summed E-state index contributed by atoms with van der Waals surface area (Å²) in [6.07, 6.45) is -4.38. The Kier molecular flexibility index (Phi) is 1.46. The fourth-order valence-corrected chi connectivity index (χ4v) is 0. The molecule has 0 heterocycles. The van der Waals surface area contributed by atoms with Crippen molar-refractivity contribution in [2.75, 3.05) is 0 Å². The van der Waals surface area contributed by atoms with Gasteiger partial charge in [0.05, 0.1) is 0 Å².